The predicted octanol–water partition coefficient (Wildman–Crippen LogP) is 8.46. The molecule has 4 aliphatic carbocycles. The number of alkyl halides is 5. The number of esters is 1. The zero-order valence-corrected chi connectivity index (χ0v) is 25.9. The molecule has 0 spiro atoms. The molecule has 0 amide bonds. The highest BCUT2D eigenvalue weighted by atomic mass is 32.3. The second-order valence-corrected chi connectivity index (χ2v) is 17.5. The molecule has 0 saturated heterocycles. The molecule has 0 heterocycles. The van der Waals surface area contributed by atoms with E-state index >= 15 is 0 Å². The van der Waals surface area contributed by atoms with Crippen LogP contribution in [0.15, 0.2) is 99.6 Å². The average Bonchev–Trinajstić information content (AvgIpc) is 2.98. The fourth-order valence-corrected chi connectivity index (χ4v) is 11.7. The van der Waals surface area contributed by atoms with E-state index in [0.29, 0.717) is 0 Å². The number of hydrogen-bond acceptors (Lipinski definition) is 4. The average molecular weight is 669 g/mol. The summed E-state index contributed by atoms with van der Waals surface area (Å²) in [5.41, 5.74) is -0.362. The second kappa shape index (κ2) is 11.1. The number of ether oxygens (including phenoxy) is 1. The smallest absolute Gasteiger partial charge is 0.432 e. The lowest BCUT2D eigenvalue weighted by molar-refractivity contribution is -0.266. The van der Waals surface area contributed by atoms with Crippen LogP contribution in [-0.4, -0.2) is 42.7 Å². The van der Waals surface area contributed by atoms with Gasteiger partial charge in [0.05, 0.1) is 5.41 Å². The number of carbonyl (C=O) groups is 1. The van der Waals surface area contributed by atoms with E-state index in [1.54, 1.807) is 0 Å². The summed E-state index contributed by atoms with van der Waals surface area (Å²) >= 11 is 0. The van der Waals surface area contributed by atoms with Crippen LogP contribution in [-0.2, 0) is 19.6 Å². The Labute approximate surface area is 260 Å². The van der Waals surface area contributed by atoms with E-state index in [-0.39, 0.29) is 42.9 Å². The fourth-order valence-electron chi connectivity index (χ4n) is 8.28. The van der Waals surface area contributed by atoms with Crippen molar-refractivity contribution in [1.82, 2.24) is 0 Å². The van der Waals surface area contributed by atoms with E-state index in [1.807, 2.05) is 48.5 Å². The van der Waals surface area contributed by atoms with E-state index in [9.17, 15) is 35.2 Å². The maximum absolute atomic E-state index is 14.3. The van der Waals surface area contributed by atoms with Crippen molar-refractivity contribution in [3.63, 3.8) is 0 Å². The minimum absolute atomic E-state index is 0.00503. The molecule has 242 valence electrons. The van der Waals surface area contributed by atoms with Crippen LogP contribution in [0.1, 0.15) is 43.6 Å². The van der Waals surface area contributed by atoms with Crippen LogP contribution in [0.5, 0.6) is 0 Å². The molecule has 0 aliphatic heterocycles. The van der Waals surface area contributed by atoms with Gasteiger partial charge in [-0.15, -0.1) is 0 Å². The molecule has 12 heteroatoms. The van der Waals surface area contributed by atoms with Crippen molar-refractivity contribution in [2.75, 3.05) is 6.26 Å². The largest absolute Gasteiger partial charge is 0.444 e. The normalized spacial score (nSPS) is 27.6. The Hall–Kier alpha value is -2.96. The zero-order valence-electron chi connectivity index (χ0n) is 24.3. The quantitative estimate of drug-likeness (QED) is 0.148. The van der Waals surface area contributed by atoms with Crippen LogP contribution in [0, 0.1) is 23.2 Å². The molecule has 3 aromatic carbocycles. The minimum atomic E-state index is -6.52. The lowest BCUT2D eigenvalue weighted by atomic mass is 9.45. The molecule has 5 nitrogen and oxygen atoms in total. The topological polar surface area (TPSA) is 80.7 Å². The summed E-state index contributed by atoms with van der Waals surface area (Å²) in [5.74, 6) is -1.66. The lowest BCUT2D eigenvalue weighted by Crippen LogP contribution is -2.57. The van der Waals surface area contributed by atoms with Crippen LogP contribution >= 0.6 is 10.0 Å². The van der Waals surface area contributed by atoms with Gasteiger partial charge in [0.15, 0.2) is 0 Å². The Kier molecular flexibility index (Phi) is 7.88. The van der Waals surface area contributed by atoms with E-state index in [2.05, 4.69) is 47.4 Å². The molecule has 45 heavy (non-hydrogen) atoms. The van der Waals surface area contributed by atoms with Crippen molar-refractivity contribution >= 4 is 26.1 Å². The van der Waals surface area contributed by atoms with Crippen molar-refractivity contribution in [1.29, 1.82) is 0 Å². The van der Waals surface area contributed by atoms with Gasteiger partial charge in [-0.25, -0.2) is 0 Å². The first-order chi connectivity index (χ1) is 21.1. The van der Waals surface area contributed by atoms with Gasteiger partial charge in [0.1, 0.15) is 0 Å². The minimum Gasteiger partial charge on any atom is -0.444 e. The summed E-state index contributed by atoms with van der Waals surface area (Å²) in [4.78, 5) is 16.8. The van der Waals surface area contributed by atoms with Gasteiger partial charge in [-0.1, -0.05) is 48.5 Å². The summed E-state index contributed by atoms with van der Waals surface area (Å²) in [6.45, 7) is 0. The van der Waals surface area contributed by atoms with Crippen molar-refractivity contribution < 1.29 is 44.5 Å². The first-order valence-corrected chi connectivity index (χ1v) is 18.2. The number of rotatable bonds is 8. The van der Waals surface area contributed by atoms with Crippen molar-refractivity contribution in [2.24, 2.45) is 23.2 Å². The first kappa shape index (κ1) is 32.0. The van der Waals surface area contributed by atoms with Crippen molar-refractivity contribution in [3.8, 4) is 0 Å². The maximum Gasteiger partial charge on any atom is 0.432 e. The van der Waals surface area contributed by atoms with E-state index in [1.165, 1.54) is 9.79 Å². The molecule has 4 bridgehead atoms. The van der Waals surface area contributed by atoms with E-state index in [0.717, 1.165) is 23.3 Å². The molecule has 3 aromatic rings. The molecule has 0 radical (unpaired) electrons. The molecule has 3 atom stereocenters. The number of hydrogen-bond donors (Lipinski definition) is 1. The maximum atomic E-state index is 14.3. The molecule has 1 N–H and O–H groups in total. The Balaban J connectivity index is 1.32. The van der Waals surface area contributed by atoms with E-state index in [4.69, 9.17) is 4.55 Å². The van der Waals surface area contributed by atoms with Gasteiger partial charge in [-0.3, -0.25) is 9.35 Å². The van der Waals surface area contributed by atoms with Crippen LogP contribution in [0.25, 0.3) is 0 Å². The molecular weight excluding hydrogens is 635 g/mol. The molecule has 3 unspecified atom stereocenters. The predicted molar refractivity (Wildman–Crippen MR) is 159 cm³/mol. The third kappa shape index (κ3) is 5.46. The summed E-state index contributed by atoms with van der Waals surface area (Å²) < 4.78 is 105. The Bertz CT molecular complexity index is 1620. The molecule has 4 aliphatic rings. The third-order valence-corrected chi connectivity index (χ3v) is 14.5. The molecular formula is C33H33F5O5S2. The Morgan fingerprint density at radius 1 is 0.822 bits per heavy atom. The number of carbonyl (C=O) groups excluding carboxylic acids is 1. The van der Waals surface area contributed by atoms with Gasteiger partial charge in [0.25, 0.3) is 6.10 Å². The van der Waals surface area contributed by atoms with E-state index < -0.39 is 49.1 Å². The molecule has 4 saturated carbocycles. The Morgan fingerprint density at radius 2 is 1.33 bits per heavy atom. The highest BCUT2D eigenvalue weighted by Crippen LogP contribution is 2.68. The lowest BCUT2D eigenvalue weighted by Gasteiger charge is -2.59. The van der Waals surface area contributed by atoms with Gasteiger partial charge in [-0.05, 0) is 119 Å². The first-order valence-electron chi connectivity index (χ1n) is 14.7. The van der Waals surface area contributed by atoms with Crippen LogP contribution in [0.2, 0.25) is 0 Å². The molecule has 7 rings (SSSR count). The van der Waals surface area contributed by atoms with Gasteiger partial charge in [-0.2, -0.15) is 40.4 Å². The van der Waals surface area contributed by atoms with Gasteiger partial charge < -0.3 is 4.74 Å². The summed E-state index contributed by atoms with van der Waals surface area (Å²) in [5, 5.41) is -5.75. The molecule has 0 aromatic heterocycles. The van der Waals surface area contributed by atoms with Crippen molar-refractivity contribution in [3.05, 3.63) is 90.5 Å². The van der Waals surface area contributed by atoms with Gasteiger partial charge in [0, 0.05) is 0 Å². The van der Waals surface area contributed by atoms with Crippen molar-refractivity contribution in [2.45, 2.75) is 70.2 Å². The highest BCUT2D eigenvalue weighted by molar-refractivity contribution is 8.33. The van der Waals surface area contributed by atoms with Crippen LogP contribution in [0.3, 0.4) is 0 Å². The second-order valence-electron chi connectivity index (χ2n) is 12.8. The summed E-state index contributed by atoms with van der Waals surface area (Å²) in [6, 6.07) is 28.9. The summed E-state index contributed by atoms with van der Waals surface area (Å²) in [7, 11) is -8.18. The third-order valence-electron chi connectivity index (χ3n) is 10.0. The number of halogens is 5. The summed E-state index contributed by atoms with van der Waals surface area (Å²) in [6.07, 6.45) is -6.01. The van der Waals surface area contributed by atoms with Crippen LogP contribution < -0.4 is 0 Å². The van der Waals surface area contributed by atoms with Crippen LogP contribution in [0.4, 0.5) is 22.0 Å². The van der Waals surface area contributed by atoms with Gasteiger partial charge in [0.2, 0.25) is 0 Å². The zero-order chi connectivity index (χ0) is 32.4. The SMILES string of the molecule is CS(c1ccccc1)(c1ccccc1)c1cccc(C2C3CC4CC2CC(C(=O)OC(C(F)(F)F)C(F)(F)S(=O)(=O)O)(C4)C3)c1. The van der Waals surface area contributed by atoms with Gasteiger partial charge >= 0.3 is 27.5 Å². The monoisotopic (exact) mass is 668 g/mol. The Morgan fingerprint density at radius 3 is 1.82 bits per heavy atom. The fraction of sp³-hybridized carbons (Fsp3) is 0.424. The molecule has 4 fully saturated rings. The number of benzene rings is 3. The highest BCUT2D eigenvalue weighted by Gasteiger charge is 2.68. The standard InChI is InChI=1S/C33H33F5O5S2/c1-44(25-10-4-2-5-11-25,26-12-6-3-7-13-26)27-14-8-9-22(17-27)28-23-15-21-16-24(28)20-31(18-21,19-23)30(39)43-29(32(34,35)36)33(37,38)45(40,41)42/h2-14,17,21,23-24,28-29H,15-16,18-20H2,1H3,(H,40,41,42).